The lowest BCUT2D eigenvalue weighted by Crippen LogP contribution is -2.49. The summed E-state index contributed by atoms with van der Waals surface area (Å²) in [6, 6.07) is 5.50. The second-order valence-corrected chi connectivity index (χ2v) is 5.76. The number of halogens is 1. The van der Waals surface area contributed by atoms with Crippen LogP contribution in [0.5, 0.6) is 0 Å². The van der Waals surface area contributed by atoms with Crippen molar-refractivity contribution in [3.8, 4) is 0 Å². The van der Waals surface area contributed by atoms with Gasteiger partial charge in [-0.15, -0.1) is 0 Å². The average Bonchev–Trinajstić information content (AvgIpc) is 2.95. The Morgan fingerprint density at radius 2 is 1.86 bits per heavy atom. The van der Waals surface area contributed by atoms with Gasteiger partial charge in [-0.2, -0.15) is 0 Å². The first-order valence-corrected chi connectivity index (χ1v) is 7.60. The lowest BCUT2D eigenvalue weighted by Gasteiger charge is -2.34. The maximum absolute atomic E-state index is 12.9. The summed E-state index contributed by atoms with van der Waals surface area (Å²) in [4.78, 5) is 25.8. The molecule has 6 heteroatoms. The van der Waals surface area contributed by atoms with Gasteiger partial charge in [0.2, 0.25) is 0 Å². The molecule has 1 amide bonds. The fraction of sp³-hybridized carbons (Fsp3) is 0.500. The highest BCUT2D eigenvalue weighted by molar-refractivity contribution is 5.94. The number of esters is 1. The van der Waals surface area contributed by atoms with E-state index in [9.17, 15) is 14.0 Å². The maximum Gasteiger partial charge on any atom is 0.323 e. The van der Waals surface area contributed by atoms with E-state index in [0.717, 1.165) is 32.4 Å². The van der Waals surface area contributed by atoms with Crippen LogP contribution in [0.3, 0.4) is 0 Å². The summed E-state index contributed by atoms with van der Waals surface area (Å²) < 4.78 is 17.9. The number of hydrogen-bond donors (Lipinski definition) is 1. The summed E-state index contributed by atoms with van der Waals surface area (Å²) >= 11 is 0. The van der Waals surface area contributed by atoms with E-state index in [1.807, 2.05) is 0 Å². The summed E-state index contributed by atoms with van der Waals surface area (Å²) in [5, 5.41) is 2.97. The van der Waals surface area contributed by atoms with Crippen LogP contribution in [0, 0.1) is 5.82 Å². The number of carbonyl (C=O) groups excluding carboxylic acids is 2. The average molecular weight is 306 g/mol. The van der Waals surface area contributed by atoms with Gasteiger partial charge in [-0.25, -0.2) is 4.39 Å². The van der Waals surface area contributed by atoms with Crippen LogP contribution >= 0.6 is 0 Å². The minimum Gasteiger partial charge on any atom is -0.464 e. The van der Waals surface area contributed by atoms with E-state index in [2.05, 4.69) is 10.2 Å². The number of hydrogen-bond acceptors (Lipinski definition) is 4. The molecule has 2 aliphatic heterocycles. The molecule has 0 aliphatic carbocycles. The lowest BCUT2D eigenvalue weighted by atomic mass is 10.0. The number of likely N-dealkylation sites (tertiary alicyclic amines) is 1. The number of nitrogens with one attached hydrogen (secondary N) is 1. The van der Waals surface area contributed by atoms with Crippen LogP contribution in [0.2, 0.25) is 0 Å². The van der Waals surface area contributed by atoms with E-state index in [1.165, 1.54) is 24.3 Å². The van der Waals surface area contributed by atoms with Crippen molar-refractivity contribution in [1.82, 2.24) is 10.2 Å². The molecule has 0 unspecified atom stereocenters. The van der Waals surface area contributed by atoms with Gasteiger partial charge in [0.15, 0.2) is 0 Å². The predicted octanol–water partition coefficient (Wildman–Crippen LogP) is 1.34. The number of cyclic esters (lactones) is 1. The highest BCUT2D eigenvalue weighted by Gasteiger charge is 2.34. The van der Waals surface area contributed by atoms with Crippen LogP contribution in [0.4, 0.5) is 4.39 Å². The SMILES string of the molecule is O=C(NC1CCN([C@@H]2CCOC2=O)CC1)c1ccc(F)cc1. The third kappa shape index (κ3) is 3.27. The van der Waals surface area contributed by atoms with Gasteiger partial charge in [0.1, 0.15) is 11.9 Å². The lowest BCUT2D eigenvalue weighted by molar-refractivity contribution is -0.142. The number of piperidine rings is 1. The Bertz CT molecular complexity index is 553. The second-order valence-electron chi connectivity index (χ2n) is 5.76. The molecule has 1 aromatic rings. The number of amides is 1. The van der Waals surface area contributed by atoms with Gasteiger partial charge >= 0.3 is 5.97 Å². The standard InChI is InChI=1S/C16H19FN2O3/c17-12-3-1-11(2-4-12)15(20)18-13-5-8-19(9-6-13)14-7-10-22-16(14)21/h1-4,13-14H,5-10H2,(H,18,20)/t14-/m1/s1. The van der Waals surface area contributed by atoms with E-state index >= 15 is 0 Å². The molecule has 1 atom stereocenters. The van der Waals surface area contributed by atoms with Crippen LogP contribution in [0.15, 0.2) is 24.3 Å². The number of benzene rings is 1. The van der Waals surface area contributed by atoms with Crippen LogP contribution in [0.1, 0.15) is 29.6 Å². The molecule has 3 rings (SSSR count). The van der Waals surface area contributed by atoms with Crippen LogP contribution in [-0.2, 0) is 9.53 Å². The molecule has 0 saturated carbocycles. The summed E-state index contributed by atoms with van der Waals surface area (Å²) in [6.07, 6.45) is 2.36. The fourth-order valence-corrected chi connectivity index (χ4v) is 3.04. The summed E-state index contributed by atoms with van der Waals surface area (Å²) in [7, 11) is 0. The first-order valence-electron chi connectivity index (χ1n) is 7.60. The first kappa shape index (κ1) is 15.0. The van der Waals surface area contributed by atoms with Crippen molar-refractivity contribution in [3.63, 3.8) is 0 Å². The largest absolute Gasteiger partial charge is 0.464 e. The van der Waals surface area contributed by atoms with Gasteiger partial charge in [0.25, 0.3) is 5.91 Å². The van der Waals surface area contributed by atoms with Gasteiger partial charge in [0, 0.05) is 31.1 Å². The normalized spacial score (nSPS) is 23.3. The Kier molecular flexibility index (Phi) is 4.38. The smallest absolute Gasteiger partial charge is 0.323 e. The number of rotatable bonds is 3. The van der Waals surface area contributed by atoms with Crippen molar-refractivity contribution in [1.29, 1.82) is 0 Å². The summed E-state index contributed by atoms with van der Waals surface area (Å²) in [5.41, 5.74) is 0.461. The van der Waals surface area contributed by atoms with Crippen molar-refractivity contribution < 1.29 is 18.7 Å². The first-order chi connectivity index (χ1) is 10.6. The molecule has 118 valence electrons. The molecule has 0 radical (unpaired) electrons. The fourth-order valence-electron chi connectivity index (χ4n) is 3.04. The molecule has 2 saturated heterocycles. The molecular formula is C16H19FN2O3. The van der Waals surface area contributed by atoms with Crippen molar-refractivity contribution >= 4 is 11.9 Å². The summed E-state index contributed by atoms with van der Waals surface area (Å²) in [6.45, 7) is 2.05. The molecule has 1 aromatic carbocycles. The van der Waals surface area contributed by atoms with Gasteiger partial charge < -0.3 is 10.1 Å². The number of nitrogens with zero attached hydrogens (tertiary/aromatic N) is 1. The number of carbonyl (C=O) groups is 2. The molecule has 2 fully saturated rings. The molecule has 2 aliphatic rings. The van der Waals surface area contributed by atoms with E-state index in [1.54, 1.807) is 0 Å². The van der Waals surface area contributed by atoms with E-state index in [4.69, 9.17) is 4.74 Å². The van der Waals surface area contributed by atoms with Crippen LogP contribution in [0.25, 0.3) is 0 Å². The molecule has 5 nitrogen and oxygen atoms in total. The van der Waals surface area contributed by atoms with Crippen molar-refractivity contribution in [2.24, 2.45) is 0 Å². The zero-order chi connectivity index (χ0) is 15.5. The molecule has 1 N–H and O–H groups in total. The van der Waals surface area contributed by atoms with Crippen LogP contribution < -0.4 is 5.32 Å². The molecule has 22 heavy (non-hydrogen) atoms. The van der Waals surface area contributed by atoms with Crippen molar-refractivity contribution in [2.75, 3.05) is 19.7 Å². The molecular weight excluding hydrogens is 287 g/mol. The Labute approximate surface area is 128 Å². The number of ether oxygens (including phenoxy) is 1. The highest BCUT2D eigenvalue weighted by Crippen LogP contribution is 2.20. The molecule has 0 aromatic heterocycles. The van der Waals surface area contributed by atoms with Gasteiger partial charge in [-0.1, -0.05) is 0 Å². The van der Waals surface area contributed by atoms with E-state index in [-0.39, 0.29) is 29.8 Å². The van der Waals surface area contributed by atoms with Gasteiger partial charge in [0.05, 0.1) is 6.61 Å². The zero-order valence-electron chi connectivity index (χ0n) is 12.3. The van der Waals surface area contributed by atoms with Gasteiger partial charge in [-0.3, -0.25) is 14.5 Å². The topological polar surface area (TPSA) is 58.6 Å². The van der Waals surface area contributed by atoms with E-state index < -0.39 is 0 Å². The molecule has 0 bridgehead atoms. The van der Waals surface area contributed by atoms with Crippen molar-refractivity contribution in [3.05, 3.63) is 35.6 Å². The Hall–Kier alpha value is -1.95. The second kappa shape index (κ2) is 6.44. The highest BCUT2D eigenvalue weighted by atomic mass is 19.1. The molecule has 2 heterocycles. The Balaban J connectivity index is 1.50. The van der Waals surface area contributed by atoms with E-state index in [0.29, 0.717) is 12.2 Å². The maximum atomic E-state index is 12.9. The van der Waals surface area contributed by atoms with Gasteiger partial charge in [-0.05, 0) is 37.1 Å². The molecule has 0 spiro atoms. The van der Waals surface area contributed by atoms with Crippen molar-refractivity contribution in [2.45, 2.75) is 31.3 Å². The minimum atomic E-state index is -0.353. The third-order valence-electron chi connectivity index (χ3n) is 4.32. The van der Waals surface area contributed by atoms with Crippen LogP contribution in [-0.4, -0.2) is 48.6 Å². The zero-order valence-corrected chi connectivity index (χ0v) is 12.3. The minimum absolute atomic E-state index is 0.0891. The Morgan fingerprint density at radius 3 is 2.45 bits per heavy atom. The predicted molar refractivity (Wildman–Crippen MR) is 77.8 cm³/mol. The Morgan fingerprint density at radius 1 is 1.18 bits per heavy atom. The third-order valence-corrected chi connectivity index (χ3v) is 4.32. The summed E-state index contributed by atoms with van der Waals surface area (Å²) in [5.74, 6) is -0.666. The monoisotopic (exact) mass is 306 g/mol. The quantitative estimate of drug-likeness (QED) is 0.856.